The zero-order chi connectivity index (χ0) is 24.7. The molecule has 3 aliphatic rings. The number of fused-ring (bicyclic) bond motifs is 4. The molecule has 8 nitrogen and oxygen atoms in total. The van der Waals surface area contributed by atoms with Crippen LogP contribution in [0.3, 0.4) is 0 Å². The van der Waals surface area contributed by atoms with E-state index in [-0.39, 0.29) is 24.0 Å². The third-order valence-electron chi connectivity index (χ3n) is 8.34. The number of hydrogen-bond donors (Lipinski definition) is 2. The molecule has 2 N–H and O–H groups in total. The summed E-state index contributed by atoms with van der Waals surface area (Å²) in [5, 5.41) is 14.7. The molecule has 1 spiro atoms. The predicted octanol–water partition coefficient (Wildman–Crippen LogP) is 3.32. The van der Waals surface area contributed by atoms with Crippen molar-refractivity contribution < 1.29 is 19.4 Å². The number of carbonyl (C=O) groups is 2. The number of ether oxygens (including phenoxy) is 1. The van der Waals surface area contributed by atoms with Crippen molar-refractivity contribution in [1.29, 1.82) is 0 Å². The highest BCUT2D eigenvalue weighted by atomic mass is 16.5. The van der Waals surface area contributed by atoms with Gasteiger partial charge in [0, 0.05) is 62.2 Å². The van der Waals surface area contributed by atoms with Crippen LogP contribution in [0.15, 0.2) is 18.2 Å². The monoisotopic (exact) mass is 482 g/mol. The van der Waals surface area contributed by atoms with Crippen molar-refractivity contribution in [2.75, 3.05) is 39.9 Å². The number of benzene rings is 1. The number of aliphatic hydroxyl groups is 1. The molecule has 1 aliphatic carbocycles. The number of likely N-dealkylation sites (tertiary alicyclic amines) is 1. The van der Waals surface area contributed by atoms with Crippen molar-refractivity contribution in [3.8, 4) is 5.75 Å². The van der Waals surface area contributed by atoms with Crippen molar-refractivity contribution in [3.05, 3.63) is 29.5 Å². The van der Waals surface area contributed by atoms with E-state index in [4.69, 9.17) is 4.74 Å². The average Bonchev–Trinajstić information content (AvgIpc) is 3.65. The van der Waals surface area contributed by atoms with Crippen LogP contribution in [0, 0.1) is 5.92 Å². The van der Waals surface area contributed by atoms with E-state index in [2.05, 4.69) is 16.0 Å². The highest BCUT2D eigenvalue weighted by Crippen LogP contribution is 2.50. The van der Waals surface area contributed by atoms with Gasteiger partial charge < -0.3 is 29.5 Å². The third kappa shape index (κ3) is 4.15. The van der Waals surface area contributed by atoms with Crippen LogP contribution in [0.2, 0.25) is 0 Å². The van der Waals surface area contributed by atoms with E-state index in [1.54, 1.807) is 7.11 Å². The van der Waals surface area contributed by atoms with E-state index < -0.39 is 6.04 Å². The molecule has 3 heterocycles. The lowest BCUT2D eigenvalue weighted by molar-refractivity contribution is -0.133. The van der Waals surface area contributed by atoms with Gasteiger partial charge in [-0.05, 0) is 55.7 Å². The van der Waals surface area contributed by atoms with Crippen LogP contribution in [-0.2, 0) is 17.3 Å². The largest absolute Gasteiger partial charge is 0.497 e. The first-order chi connectivity index (χ1) is 16.9. The number of urea groups is 1. The maximum Gasteiger partial charge on any atom is 0.318 e. The molecule has 35 heavy (non-hydrogen) atoms. The number of nitrogens with zero attached hydrogens (tertiary/aromatic N) is 3. The number of amides is 3. The van der Waals surface area contributed by atoms with Gasteiger partial charge in [0.25, 0.3) is 0 Å². The fraction of sp³-hybridized carbons (Fsp3) is 0.630. The minimum absolute atomic E-state index is 0.133. The summed E-state index contributed by atoms with van der Waals surface area (Å²) in [5.74, 6) is 1.63. The first kappa shape index (κ1) is 24.0. The standard InChI is InChI=1S/C27H38N4O4/c1-4-11-28-26(34)31-17-27(9-12-30(13-10-27)23(33)14-18-5-6-18)24-20-8-7-19(35-3)15-21(20)29(2)25(24)22(31)16-32/h7-8,15,18,22,32H,4-6,9-14,16-17H2,1-3H3,(H,28,34)/t22-/m0/s1. The van der Waals surface area contributed by atoms with Crippen molar-refractivity contribution in [1.82, 2.24) is 19.7 Å². The molecule has 1 saturated heterocycles. The molecule has 190 valence electrons. The lowest BCUT2D eigenvalue weighted by Gasteiger charge is -2.50. The number of carbonyl (C=O) groups excluding carboxylic acids is 2. The summed E-state index contributed by atoms with van der Waals surface area (Å²) in [7, 11) is 3.68. The van der Waals surface area contributed by atoms with Gasteiger partial charge in [-0.2, -0.15) is 0 Å². The summed E-state index contributed by atoms with van der Waals surface area (Å²) in [6.07, 6.45) is 5.48. The van der Waals surface area contributed by atoms with Crippen molar-refractivity contribution >= 4 is 22.8 Å². The number of aliphatic hydroxyl groups excluding tert-OH is 1. The molecule has 5 rings (SSSR count). The Morgan fingerprint density at radius 2 is 1.97 bits per heavy atom. The first-order valence-electron chi connectivity index (χ1n) is 13.0. The Morgan fingerprint density at radius 1 is 1.23 bits per heavy atom. The number of rotatable bonds is 6. The molecular weight excluding hydrogens is 444 g/mol. The maximum absolute atomic E-state index is 13.3. The summed E-state index contributed by atoms with van der Waals surface area (Å²) < 4.78 is 7.62. The topological polar surface area (TPSA) is 87.0 Å². The average molecular weight is 483 g/mol. The fourth-order valence-electron chi connectivity index (χ4n) is 6.20. The maximum atomic E-state index is 13.3. The Morgan fingerprint density at radius 3 is 2.60 bits per heavy atom. The molecule has 1 aromatic carbocycles. The van der Waals surface area contributed by atoms with Gasteiger partial charge in [-0.1, -0.05) is 6.92 Å². The lowest BCUT2D eigenvalue weighted by atomic mass is 9.68. The zero-order valence-corrected chi connectivity index (χ0v) is 21.2. The smallest absolute Gasteiger partial charge is 0.318 e. The molecule has 3 amide bonds. The van der Waals surface area contributed by atoms with E-state index in [0.717, 1.165) is 41.6 Å². The zero-order valence-electron chi connectivity index (χ0n) is 21.2. The Hall–Kier alpha value is -2.74. The van der Waals surface area contributed by atoms with Gasteiger partial charge in [-0.3, -0.25) is 4.79 Å². The number of piperidine rings is 1. The van der Waals surface area contributed by atoms with E-state index in [1.165, 1.54) is 18.4 Å². The second-order valence-electron chi connectivity index (χ2n) is 10.6. The number of methoxy groups -OCH3 is 1. The van der Waals surface area contributed by atoms with Gasteiger partial charge in [0.15, 0.2) is 0 Å². The van der Waals surface area contributed by atoms with E-state index >= 15 is 0 Å². The summed E-state index contributed by atoms with van der Waals surface area (Å²) in [4.78, 5) is 30.0. The fourth-order valence-corrected chi connectivity index (χ4v) is 6.20. The van der Waals surface area contributed by atoms with Gasteiger partial charge in [0.2, 0.25) is 5.91 Å². The molecule has 0 bridgehead atoms. The summed E-state index contributed by atoms with van der Waals surface area (Å²) in [6, 6.07) is 5.57. The minimum Gasteiger partial charge on any atom is -0.497 e. The Balaban J connectivity index is 1.57. The third-order valence-corrected chi connectivity index (χ3v) is 8.34. The lowest BCUT2D eigenvalue weighted by Crippen LogP contribution is -2.57. The van der Waals surface area contributed by atoms with Crippen LogP contribution in [0.5, 0.6) is 5.75 Å². The van der Waals surface area contributed by atoms with Crippen LogP contribution < -0.4 is 10.1 Å². The highest BCUT2D eigenvalue weighted by molar-refractivity contribution is 5.89. The summed E-state index contributed by atoms with van der Waals surface area (Å²) >= 11 is 0. The van der Waals surface area contributed by atoms with Gasteiger partial charge >= 0.3 is 6.03 Å². The van der Waals surface area contributed by atoms with Crippen LogP contribution in [0.1, 0.15) is 62.7 Å². The molecule has 1 saturated carbocycles. The Kier molecular flexibility index (Phi) is 6.42. The molecule has 2 aromatic rings. The molecule has 0 unspecified atom stereocenters. The number of hydrogen-bond acceptors (Lipinski definition) is 4. The van der Waals surface area contributed by atoms with E-state index in [9.17, 15) is 14.7 Å². The van der Waals surface area contributed by atoms with Crippen molar-refractivity contribution in [2.45, 2.75) is 56.9 Å². The van der Waals surface area contributed by atoms with Gasteiger partial charge in [0.1, 0.15) is 5.75 Å². The predicted molar refractivity (Wildman–Crippen MR) is 135 cm³/mol. The molecular formula is C27H38N4O4. The van der Waals surface area contributed by atoms with Gasteiger partial charge in [0.05, 0.1) is 25.3 Å². The van der Waals surface area contributed by atoms with Crippen LogP contribution in [0.4, 0.5) is 4.79 Å². The molecule has 1 atom stereocenters. The van der Waals surface area contributed by atoms with Gasteiger partial charge in [-0.25, -0.2) is 4.79 Å². The van der Waals surface area contributed by atoms with Gasteiger partial charge in [-0.15, -0.1) is 0 Å². The molecule has 1 aromatic heterocycles. The molecule has 2 aliphatic heterocycles. The second-order valence-corrected chi connectivity index (χ2v) is 10.6. The molecule has 8 heteroatoms. The number of nitrogens with one attached hydrogen (secondary N) is 1. The number of aromatic nitrogens is 1. The van der Waals surface area contributed by atoms with E-state index in [1.807, 2.05) is 35.9 Å². The summed E-state index contributed by atoms with van der Waals surface area (Å²) in [6.45, 7) is 4.43. The van der Waals surface area contributed by atoms with Crippen LogP contribution in [0.25, 0.3) is 10.9 Å². The Labute approximate surface area is 207 Å². The van der Waals surface area contributed by atoms with Crippen molar-refractivity contribution in [3.63, 3.8) is 0 Å². The first-order valence-corrected chi connectivity index (χ1v) is 13.0. The SMILES string of the molecule is CCCNC(=O)N1CC2(CCN(C(=O)CC3CC3)CC2)c2c(n(C)c3cc(OC)ccc23)[C@@H]1CO. The van der Waals surface area contributed by atoms with Crippen molar-refractivity contribution in [2.24, 2.45) is 13.0 Å². The Bertz CT molecular complexity index is 1110. The van der Waals surface area contributed by atoms with Crippen LogP contribution >= 0.6 is 0 Å². The molecule has 0 radical (unpaired) electrons. The summed E-state index contributed by atoms with van der Waals surface area (Å²) in [5.41, 5.74) is 2.99. The van der Waals surface area contributed by atoms with E-state index in [0.29, 0.717) is 38.5 Å². The van der Waals surface area contributed by atoms with Crippen LogP contribution in [-0.4, -0.2) is 71.3 Å². The normalized spacial score (nSPS) is 21.3. The highest BCUT2D eigenvalue weighted by Gasteiger charge is 2.50. The second kappa shape index (κ2) is 9.37. The minimum atomic E-state index is -0.426. The number of aryl methyl sites for hydroxylation is 1. The molecule has 2 fully saturated rings. The quantitative estimate of drug-likeness (QED) is 0.661.